The monoisotopic (exact) mass is 466 g/mol. The molecule has 1 aliphatic carbocycles. The molecule has 1 aliphatic rings. The molecule has 0 aromatic heterocycles. The fourth-order valence-corrected chi connectivity index (χ4v) is 6.00. The van der Waals surface area contributed by atoms with Crippen LogP contribution in [0.5, 0.6) is 0 Å². The summed E-state index contributed by atoms with van der Waals surface area (Å²) in [5.41, 5.74) is 0.694. The van der Waals surface area contributed by atoms with Crippen LogP contribution in [-0.4, -0.2) is 34.6 Å². The van der Waals surface area contributed by atoms with Crippen LogP contribution in [-0.2, 0) is 13.6 Å². The quantitative estimate of drug-likeness (QED) is 0.141. The van der Waals surface area contributed by atoms with Gasteiger partial charge in [-0.1, -0.05) is 86.5 Å². The summed E-state index contributed by atoms with van der Waals surface area (Å²) in [6, 6.07) is 0. The molecule has 0 radical (unpaired) electrons. The average Bonchev–Trinajstić information content (AvgIpc) is 2.83. The molecule has 0 spiro atoms. The van der Waals surface area contributed by atoms with E-state index in [1.54, 1.807) is 0 Å². The van der Waals surface area contributed by atoms with Gasteiger partial charge in [-0.25, -0.2) is 0 Å². The van der Waals surface area contributed by atoms with E-state index in [1.807, 2.05) is 0 Å². The number of ketones is 1. The van der Waals surface area contributed by atoms with Crippen molar-refractivity contribution in [3.8, 4) is 0 Å². The van der Waals surface area contributed by atoms with E-state index in [0.717, 1.165) is 12.8 Å². The lowest BCUT2D eigenvalue weighted by Gasteiger charge is -2.40. The van der Waals surface area contributed by atoms with E-state index in [2.05, 4.69) is 93.4 Å². The number of Topliss-reactive ketones (excluding diaryl/α,β-unsaturated/α-hetero) is 1. The second-order valence-corrected chi connectivity index (χ2v) is 21.9. The van der Waals surface area contributed by atoms with E-state index >= 15 is 0 Å². The number of carbonyl (C=O) groups is 1. The Morgan fingerprint density at radius 2 is 1.58 bits per heavy atom. The number of carbonyl (C=O) groups excluding carboxylic acids is 1. The summed E-state index contributed by atoms with van der Waals surface area (Å²) < 4.78 is 13.4. The predicted octanol–water partition coefficient (Wildman–Crippen LogP) is 8.05. The van der Waals surface area contributed by atoms with Gasteiger partial charge in [0, 0.05) is 12.3 Å². The first-order chi connectivity index (χ1) is 13.9. The third-order valence-electron chi connectivity index (χ3n) is 7.68. The molecule has 0 aliphatic heterocycles. The van der Waals surface area contributed by atoms with Gasteiger partial charge in [0.1, 0.15) is 0 Å². The van der Waals surface area contributed by atoms with Crippen LogP contribution in [0.15, 0.2) is 24.3 Å². The molecule has 0 aromatic carbocycles. The molecule has 0 aromatic rings. The number of unbranched alkanes of at least 4 members (excludes halogenated alkanes) is 2. The number of hydrogen-bond acceptors (Lipinski definition) is 3. The molecule has 3 nitrogen and oxygen atoms in total. The molecule has 0 bridgehead atoms. The molecule has 0 saturated heterocycles. The first-order valence-electron chi connectivity index (χ1n) is 12.2. The van der Waals surface area contributed by atoms with Gasteiger partial charge in [0.15, 0.2) is 22.4 Å². The minimum absolute atomic E-state index is 0.0432. The summed E-state index contributed by atoms with van der Waals surface area (Å²) >= 11 is 0. The molecule has 1 rings (SSSR count). The van der Waals surface area contributed by atoms with Crippen molar-refractivity contribution in [3.63, 3.8) is 0 Å². The zero-order chi connectivity index (χ0) is 24.3. The Bertz CT molecular complexity index is 651. The average molecular weight is 467 g/mol. The molecule has 1 saturated carbocycles. The van der Waals surface area contributed by atoms with E-state index in [9.17, 15) is 4.79 Å². The van der Waals surface area contributed by atoms with Gasteiger partial charge >= 0.3 is 0 Å². The van der Waals surface area contributed by atoms with Crippen LogP contribution in [0.3, 0.4) is 0 Å². The van der Waals surface area contributed by atoms with Gasteiger partial charge in [-0.2, -0.15) is 0 Å². The SMILES string of the molecule is C=C1C(=O)C[C@@H](O[Si](C)(C)C(C)(C)C)[C@@H]1C=C[C@H](CCCCC)O[Si](C)(C)C(C)(C)C. The first kappa shape index (κ1) is 28.5. The normalized spacial score (nSPS) is 22.5. The summed E-state index contributed by atoms with van der Waals surface area (Å²) in [6.07, 6.45) is 9.44. The van der Waals surface area contributed by atoms with Crippen molar-refractivity contribution in [2.75, 3.05) is 0 Å². The maximum atomic E-state index is 12.5. The maximum absolute atomic E-state index is 12.5. The minimum atomic E-state index is -1.97. The molecule has 1 fully saturated rings. The lowest BCUT2D eigenvalue weighted by atomic mass is 10.00. The van der Waals surface area contributed by atoms with E-state index in [0.29, 0.717) is 12.0 Å². The molecule has 0 N–H and O–H groups in total. The highest BCUT2D eigenvalue weighted by Crippen LogP contribution is 2.42. The van der Waals surface area contributed by atoms with Crippen LogP contribution in [0.1, 0.15) is 80.6 Å². The third kappa shape index (κ3) is 7.80. The molecule has 0 amide bonds. The summed E-state index contributed by atoms with van der Waals surface area (Å²) in [4.78, 5) is 12.5. The largest absolute Gasteiger partial charge is 0.413 e. The van der Waals surface area contributed by atoms with Crippen molar-refractivity contribution >= 4 is 22.4 Å². The van der Waals surface area contributed by atoms with E-state index in [4.69, 9.17) is 8.85 Å². The van der Waals surface area contributed by atoms with Gasteiger partial charge in [0.05, 0.1) is 12.2 Å². The molecular formula is C26H50O3Si2. The van der Waals surface area contributed by atoms with Crippen LogP contribution in [0, 0.1) is 5.92 Å². The second-order valence-electron chi connectivity index (χ2n) is 12.4. The summed E-state index contributed by atoms with van der Waals surface area (Å²) in [6.45, 7) is 29.1. The van der Waals surface area contributed by atoms with E-state index in [1.165, 1.54) is 12.8 Å². The van der Waals surface area contributed by atoms with Crippen LogP contribution in [0.25, 0.3) is 0 Å². The van der Waals surface area contributed by atoms with Crippen molar-refractivity contribution in [2.24, 2.45) is 5.92 Å². The lowest BCUT2D eigenvalue weighted by molar-refractivity contribution is -0.115. The topological polar surface area (TPSA) is 35.5 Å². The van der Waals surface area contributed by atoms with Crippen molar-refractivity contribution in [3.05, 3.63) is 24.3 Å². The summed E-state index contributed by atoms with van der Waals surface area (Å²) in [7, 11) is -3.85. The molecular weight excluding hydrogens is 416 g/mol. The zero-order valence-electron chi connectivity index (χ0n) is 22.4. The smallest absolute Gasteiger partial charge is 0.192 e. The highest BCUT2D eigenvalue weighted by Gasteiger charge is 2.44. The Kier molecular flexibility index (Phi) is 9.78. The van der Waals surface area contributed by atoms with E-state index in [-0.39, 0.29) is 34.0 Å². The van der Waals surface area contributed by atoms with Gasteiger partial charge in [-0.3, -0.25) is 4.79 Å². The van der Waals surface area contributed by atoms with Crippen LogP contribution >= 0.6 is 0 Å². The van der Waals surface area contributed by atoms with Crippen LogP contribution in [0.4, 0.5) is 0 Å². The van der Waals surface area contributed by atoms with Gasteiger partial charge < -0.3 is 8.85 Å². The molecule has 31 heavy (non-hydrogen) atoms. The van der Waals surface area contributed by atoms with Crippen molar-refractivity contribution in [1.82, 2.24) is 0 Å². The Labute approximate surface area is 195 Å². The molecule has 180 valence electrons. The van der Waals surface area contributed by atoms with Gasteiger partial charge in [0.2, 0.25) is 0 Å². The predicted molar refractivity (Wildman–Crippen MR) is 140 cm³/mol. The molecule has 0 heterocycles. The van der Waals surface area contributed by atoms with Crippen molar-refractivity contribution < 1.29 is 13.6 Å². The second kappa shape index (κ2) is 10.6. The van der Waals surface area contributed by atoms with Gasteiger partial charge in [-0.15, -0.1) is 0 Å². The summed E-state index contributed by atoms with van der Waals surface area (Å²) in [5, 5.41) is 0.285. The standard InChI is InChI=1S/C26H50O3Si2/c1-13-14-15-16-21(28-30(9,10)25(3,4)5)17-18-22-20(2)23(27)19-24(22)29-31(11,12)26(6,7)8/h17-18,21-22,24H,2,13-16,19H2,1,3-12H3/t21-,22+,24+/m0/s1. The van der Waals surface area contributed by atoms with Crippen molar-refractivity contribution in [1.29, 1.82) is 0 Å². The highest BCUT2D eigenvalue weighted by atomic mass is 28.4. The highest BCUT2D eigenvalue weighted by molar-refractivity contribution is 6.74. The Hall–Kier alpha value is -0.496. The Balaban J connectivity index is 3.08. The van der Waals surface area contributed by atoms with Crippen LogP contribution in [0.2, 0.25) is 36.3 Å². The fraction of sp³-hybridized carbons (Fsp3) is 0.808. The Morgan fingerprint density at radius 1 is 1.03 bits per heavy atom. The molecule has 0 unspecified atom stereocenters. The number of rotatable bonds is 10. The first-order valence-corrected chi connectivity index (χ1v) is 18.0. The lowest BCUT2D eigenvalue weighted by Crippen LogP contribution is -2.45. The minimum Gasteiger partial charge on any atom is -0.413 e. The Morgan fingerprint density at radius 3 is 2.06 bits per heavy atom. The third-order valence-corrected chi connectivity index (χ3v) is 16.7. The molecule has 3 atom stereocenters. The maximum Gasteiger partial charge on any atom is 0.192 e. The fourth-order valence-electron chi connectivity index (χ4n) is 3.35. The zero-order valence-corrected chi connectivity index (χ0v) is 24.4. The van der Waals surface area contributed by atoms with Crippen LogP contribution < -0.4 is 0 Å². The van der Waals surface area contributed by atoms with E-state index < -0.39 is 16.6 Å². The number of hydrogen-bond donors (Lipinski definition) is 0. The van der Waals surface area contributed by atoms with Gasteiger partial charge in [-0.05, 0) is 48.3 Å². The molecule has 5 heteroatoms. The van der Waals surface area contributed by atoms with Gasteiger partial charge in [0.25, 0.3) is 0 Å². The summed E-state index contributed by atoms with van der Waals surface area (Å²) in [5.74, 6) is 0.101. The van der Waals surface area contributed by atoms with Crippen molar-refractivity contribution in [2.45, 2.75) is 129 Å².